The van der Waals surface area contributed by atoms with Crippen molar-refractivity contribution in [2.45, 2.75) is 18.0 Å². The van der Waals surface area contributed by atoms with Crippen molar-refractivity contribution in [3.05, 3.63) is 7.43 Å². The van der Waals surface area contributed by atoms with Gasteiger partial charge in [-0.25, -0.2) is 4.39 Å². The Bertz CT molecular complexity index is 192. The van der Waals surface area contributed by atoms with E-state index in [9.17, 15) is 30.7 Å². The molecule has 0 aromatic rings. The SMILES string of the molecule is N#CC(F)(C(F)(F)F)C(F)(F)F.[C]. The topological polar surface area (TPSA) is 23.8 Å². The van der Waals surface area contributed by atoms with Crippen molar-refractivity contribution in [3.63, 3.8) is 0 Å². The van der Waals surface area contributed by atoms with Crippen LogP contribution in [0.1, 0.15) is 0 Å². The smallest absolute Gasteiger partial charge is 0.207 e. The average molecular weight is 207 g/mol. The summed E-state index contributed by atoms with van der Waals surface area (Å²) in [6.07, 6.45) is -12.5. The van der Waals surface area contributed by atoms with E-state index in [1.807, 2.05) is 0 Å². The molecule has 0 aromatic carbocycles. The van der Waals surface area contributed by atoms with Gasteiger partial charge in [-0.1, -0.05) is 0 Å². The van der Waals surface area contributed by atoms with E-state index < -0.39 is 24.1 Å². The van der Waals surface area contributed by atoms with E-state index in [2.05, 4.69) is 0 Å². The predicted octanol–water partition coefficient (Wildman–Crippen LogP) is 2.42. The van der Waals surface area contributed by atoms with Crippen LogP contribution in [0.25, 0.3) is 0 Å². The Morgan fingerprint density at radius 1 is 0.769 bits per heavy atom. The molecule has 0 saturated carbocycles. The Labute approximate surface area is 68.8 Å². The summed E-state index contributed by atoms with van der Waals surface area (Å²) in [7, 11) is 0. The molecule has 0 spiro atoms. The molecule has 4 radical (unpaired) electrons. The maximum Gasteiger partial charge on any atom is 0.445 e. The van der Waals surface area contributed by atoms with Gasteiger partial charge in [-0.15, -0.1) is 0 Å². The summed E-state index contributed by atoms with van der Waals surface area (Å²) < 4.78 is 79.6. The summed E-state index contributed by atoms with van der Waals surface area (Å²) in [5.74, 6) is 0. The molecular formula is C5F7N. The van der Waals surface area contributed by atoms with Crippen molar-refractivity contribution in [2.24, 2.45) is 0 Å². The van der Waals surface area contributed by atoms with Gasteiger partial charge >= 0.3 is 18.0 Å². The lowest BCUT2D eigenvalue weighted by atomic mass is 10.1. The molecule has 0 fully saturated rings. The van der Waals surface area contributed by atoms with Crippen LogP contribution < -0.4 is 0 Å². The molecule has 0 N–H and O–H groups in total. The van der Waals surface area contributed by atoms with Gasteiger partial charge in [0.1, 0.15) is 6.07 Å². The molecule has 0 unspecified atom stereocenters. The lowest BCUT2D eigenvalue weighted by Crippen LogP contribution is -2.51. The Morgan fingerprint density at radius 2 is 1.00 bits per heavy atom. The first-order valence-corrected chi connectivity index (χ1v) is 2.30. The third-order valence-electron chi connectivity index (χ3n) is 0.935. The molecule has 0 aromatic heterocycles. The lowest BCUT2D eigenvalue weighted by molar-refractivity contribution is -0.318. The Morgan fingerprint density at radius 3 is 1.00 bits per heavy atom. The predicted molar refractivity (Wildman–Crippen MR) is 24.8 cm³/mol. The summed E-state index contributed by atoms with van der Waals surface area (Å²) in [6, 6.07) is -0.458. The van der Waals surface area contributed by atoms with Gasteiger partial charge in [0.25, 0.3) is 0 Å². The minimum absolute atomic E-state index is 0. The van der Waals surface area contributed by atoms with Gasteiger partial charge in [-0.3, -0.25) is 0 Å². The van der Waals surface area contributed by atoms with E-state index in [4.69, 9.17) is 5.26 Å². The third kappa shape index (κ3) is 2.23. The maximum absolute atomic E-state index is 11.9. The summed E-state index contributed by atoms with van der Waals surface area (Å²) >= 11 is 0. The standard InChI is InChI=1S/C4F7N.C/c5-2(1-12,3(6,7)8)4(9,10)11;. The second kappa shape index (κ2) is 3.40. The van der Waals surface area contributed by atoms with E-state index >= 15 is 0 Å². The van der Waals surface area contributed by atoms with Crippen molar-refractivity contribution < 1.29 is 30.7 Å². The van der Waals surface area contributed by atoms with Crippen LogP contribution in [0.5, 0.6) is 0 Å². The molecule has 0 aliphatic rings. The van der Waals surface area contributed by atoms with Crippen LogP contribution in [0.3, 0.4) is 0 Å². The van der Waals surface area contributed by atoms with Crippen LogP contribution in [0.15, 0.2) is 0 Å². The van der Waals surface area contributed by atoms with E-state index in [1.165, 1.54) is 0 Å². The van der Waals surface area contributed by atoms with E-state index in [1.54, 1.807) is 0 Å². The molecule has 0 atom stereocenters. The highest BCUT2D eigenvalue weighted by Crippen LogP contribution is 2.45. The van der Waals surface area contributed by atoms with Gasteiger partial charge in [0.15, 0.2) is 0 Å². The molecule has 74 valence electrons. The van der Waals surface area contributed by atoms with E-state index in [0.29, 0.717) is 0 Å². The second-order valence-corrected chi connectivity index (χ2v) is 1.77. The van der Waals surface area contributed by atoms with Crippen molar-refractivity contribution in [1.82, 2.24) is 0 Å². The number of hydrogen-bond donors (Lipinski definition) is 0. The molecule has 0 saturated heterocycles. The fraction of sp³-hybridized carbons (Fsp3) is 0.600. The molecule has 0 bridgehead atoms. The minimum atomic E-state index is -6.26. The monoisotopic (exact) mass is 207 g/mol. The van der Waals surface area contributed by atoms with Crippen LogP contribution in [0.2, 0.25) is 0 Å². The molecular weight excluding hydrogens is 207 g/mol. The summed E-state index contributed by atoms with van der Waals surface area (Å²) in [6.45, 7) is 0. The van der Waals surface area contributed by atoms with E-state index in [-0.39, 0.29) is 7.43 Å². The van der Waals surface area contributed by atoms with Crippen molar-refractivity contribution in [3.8, 4) is 6.07 Å². The summed E-state index contributed by atoms with van der Waals surface area (Å²) in [5, 5.41) is 7.39. The van der Waals surface area contributed by atoms with Crippen molar-refractivity contribution in [1.29, 1.82) is 5.26 Å². The molecule has 0 heterocycles. The number of alkyl halides is 7. The first-order chi connectivity index (χ1) is 5.06. The quantitative estimate of drug-likeness (QED) is 0.559. The zero-order valence-electron chi connectivity index (χ0n) is 5.59. The van der Waals surface area contributed by atoms with Gasteiger partial charge in [0.2, 0.25) is 0 Å². The van der Waals surface area contributed by atoms with E-state index in [0.717, 1.165) is 0 Å². The molecule has 0 amide bonds. The van der Waals surface area contributed by atoms with Crippen LogP contribution in [-0.4, -0.2) is 18.0 Å². The molecule has 8 heteroatoms. The van der Waals surface area contributed by atoms with Gasteiger partial charge in [0, 0.05) is 7.43 Å². The first-order valence-electron chi connectivity index (χ1n) is 2.30. The zero-order chi connectivity index (χ0) is 10.2. The second-order valence-electron chi connectivity index (χ2n) is 1.77. The molecule has 1 nitrogen and oxygen atoms in total. The Kier molecular flexibility index (Phi) is 3.79. The normalized spacial score (nSPS) is 13.1. The average Bonchev–Trinajstić information content (AvgIpc) is 1.81. The number of hydrogen-bond acceptors (Lipinski definition) is 1. The van der Waals surface area contributed by atoms with Gasteiger partial charge in [-0.2, -0.15) is 31.6 Å². The summed E-state index contributed by atoms with van der Waals surface area (Å²) in [4.78, 5) is 0. The molecule has 0 rings (SSSR count). The highest BCUT2D eigenvalue weighted by Gasteiger charge is 2.73. The highest BCUT2D eigenvalue weighted by atomic mass is 19.4. The lowest BCUT2D eigenvalue weighted by Gasteiger charge is -2.22. The minimum Gasteiger partial charge on any atom is -0.207 e. The Balaban J connectivity index is 0. The highest BCUT2D eigenvalue weighted by molar-refractivity contribution is 5.11. The van der Waals surface area contributed by atoms with Crippen LogP contribution >= 0.6 is 0 Å². The van der Waals surface area contributed by atoms with Crippen molar-refractivity contribution >= 4 is 0 Å². The van der Waals surface area contributed by atoms with Gasteiger partial charge in [-0.05, 0) is 0 Å². The molecule has 13 heavy (non-hydrogen) atoms. The van der Waals surface area contributed by atoms with Crippen LogP contribution in [0.4, 0.5) is 30.7 Å². The maximum atomic E-state index is 11.9. The van der Waals surface area contributed by atoms with Crippen LogP contribution in [0, 0.1) is 18.8 Å². The van der Waals surface area contributed by atoms with Crippen molar-refractivity contribution in [2.75, 3.05) is 0 Å². The fourth-order valence-corrected chi connectivity index (χ4v) is 0.287. The summed E-state index contributed by atoms with van der Waals surface area (Å²) in [5.41, 5.74) is -5.78. The van der Waals surface area contributed by atoms with Crippen LogP contribution in [-0.2, 0) is 0 Å². The van der Waals surface area contributed by atoms with Gasteiger partial charge in [0.05, 0.1) is 0 Å². The van der Waals surface area contributed by atoms with Gasteiger partial charge < -0.3 is 0 Å². The number of halogens is 7. The number of nitriles is 1. The first kappa shape index (κ1) is 14.5. The number of rotatable bonds is 0. The molecule has 0 aliphatic carbocycles. The third-order valence-corrected chi connectivity index (χ3v) is 0.935. The Hall–Kier alpha value is -1.00. The molecule has 0 aliphatic heterocycles. The number of nitrogens with zero attached hydrogens (tertiary/aromatic N) is 1. The fourth-order valence-electron chi connectivity index (χ4n) is 0.287. The zero-order valence-corrected chi connectivity index (χ0v) is 5.59. The largest absolute Gasteiger partial charge is 0.445 e.